The molecule has 2 aromatic rings. The van der Waals surface area contributed by atoms with E-state index < -0.39 is 12.0 Å². The highest BCUT2D eigenvalue weighted by atomic mass is 16.7. The van der Waals surface area contributed by atoms with Crippen molar-refractivity contribution in [1.82, 2.24) is 15.7 Å². The van der Waals surface area contributed by atoms with Crippen LogP contribution in [0.1, 0.15) is 43.2 Å². The van der Waals surface area contributed by atoms with Crippen molar-refractivity contribution in [2.75, 3.05) is 27.2 Å². The van der Waals surface area contributed by atoms with Crippen LogP contribution in [0.5, 0.6) is 0 Å². The average Bonchev–Trinajstić information content (AvgIpc) is 2.85. The first-order valence-electron chi connectivity index (χ1n) is 11.5. The minimum atomic E-state index is -0.474. The van der Waals surface area contributed by atoms with Gasteiger partial charge in [0.25, 0.3) is 5.91 Å². The fourth-order valence-corrected chi connectivity index (χ4v) is 3.47. The molecule has 2 unspecified atom stereocenters. The number of nitrogens with one attached hydrogen (secondary N) is 2. The van der Waals surface area contributed by atoms with Crippen LogP contribution >= 0.6 is 0 Å². The number of nitrogens with zero attached hydrogens (tertiary/aromatic N) is 1. The summed E-state index contributed by atoms with van der Waals surface area (Å²) in [4.78, 5) is 41.9. The molecule has 8 heteroatoms. The Morgan fingerprint density at radius 3 is 2.18 bits per heavy atom. The number of carbonyl (C=O) groups excluding carboxylic acids is 3. The smallest absolute Gasteiger partial charge is 0.407 e. The largest absolute Gasteiger partial charge is 0.445 e. The number of likely N-dealkylation sites (N-methyl/N-ethyl adjacent to an activating group) is 1. The third-order valence-electron chi connectivity index (χ3n) is 5.49. The van der Waals surface area contributed by atoms with Crippen molar-refractivity contribution < 1.29 is 24.0 Å². The van der Waals surface area contributed by atoms with Crippen molar-refractivity contribution in [2.24, 2.45) is 5.92 Å². The second-order valence-electron chi connectivity index (χ2n) is 8.21. The number of alkyl carbamates (subject to hydrolysis) is 1. The van der Waals surface area contributed by atoms with E-state index in [2.05, 4.69) is 10.6 Å². The maximum atomic E-state index is 12.7. The van der Waals surface area contributed by atoms with Gasteiger partial charge in [0, 0.05) is 26.6 Å². The Bertz CT molecular complexity index is 892. The summed E-state index contributed by atoms with van der Waals surface area (Å²) >= 11 is 0. The second kappa shape index (κ2) is 14.7. The van der Waals surface area contributed by atoms with Crippen molar-refractivity contribution in [3.63, 3.8) is 0 Å². The Kier molecular flexibility index (Phi) is 11.6. The molecule has 0 aliphatic heterocycles. The number of hydrogen-bond donors (Lipinski definition) is 2. The van der Waals surface area contributed by atoms with Crippen LogP contribution in [-0.2, 0) is 25.8 Å². The molecule has 0 aromatic heterocycles. The molecule has 2 rings (SSSR count). The van der Waals surface area contributed by atoms with Crippen LogP contribution in [-0.4, -0.2) is 50.2 Å². The van der Waals surface area contributed by atoms with E-state index in [-0.39, 0.29) is 24.3 Å². The summed E-state index contributed by atoms with van der Waals surface area (Å²) in [5, 5.41) is 6.82. The molecule has 0 aliphatic carbocycles. The molecule has 0 saturated heterocycles. The molecule has 2 aromatic carbocycles. The molecule has 184 valence electrons. The standard InChI is InChI=1S/C26H35N3O5/c1-20(14-16-28-26(32)34-19-21-10-6-4-7-11-21)18-24(30)27-17-15-23(25(31)29(2)33-3)22-12-8-5-9-13-22/h4-13,20,23H,14-19H2,1-3H3,(H,27,30)(H,28,32). The third-order valence-corrected chi connectivity index (χ3v) is 5.49. The monoisotopic (exact) mass is 469 g/mol. The Balaban J connectivity index is 1.67. The van der Waals surface area contributed by atoms with E-state index in [0.29, 0.717) is 32.4 Å². The maximum absolute atomic E-state index is 12.7. The average molecular weight is 470 g/mol. The van der Waals surface area contributed by atoms with Gasteiger partial charge in [-0.15, -0.1) is 0 Å². The van der Waals surface area contributed by atoms with Crippen molar-refractivity contribution in [3.05, 3.63) is 71.8 Å². The van der Waals surface area contributed by atoms with Crippen LogP contribution in [0.15, 0.2) is 60.7 Å². The van der Waals surface area contributed by atoms with Crippen LogP contribution < -0.4 is 10.6 Å². The molecule has 0 aliphatic rings. The lowest BCUT2D eigenvalue weighted by atomic mass is 9.94. The highest BCUT2D eigenvalue weighted by Gasteiger charge is 2.24. The van der Waals surface area contributed by atoms with Gasteiger partial charge in [-0.2, -0.15) is 0 Å². The molecule has 8 nitrogen and oxygen atoms in total. The molecule has 0 bridgehead atoms. The molecule has 0 radical (unpaired) electrons. The first-order chi connectivity index (χ1) is 16.4. The molecule has 2 atom stereocenters. The van der Waals surface area contributed by atoms with E-state index in [1.807, 2.05) is 67.6 Å². The summed E-state index contributed by atoms with van der Waals surface area (Å²) in [6.45, 7) is 2.98. The van der Waals surface area contributed by atoms with Crippen molar-refractivity contribution in [1.29, 1.82) is 0 Å². The highest BCUT2D eigenvalue weighted by Crippen LogP contribution is 2.21. The van der Waals surface area contributed by atoms with Gasteiger partial charge < -0.3 is 15.4 Å². The van der Waals surface area contributed by atoms with Crippen LogP contribution in [0.4, 0.5) is 4.79 Å². The molecule has 0 spiro atoms. The molecular formula is C26H35N3O5. The zero-order valence-electron chi connectivity index (χ0n) is 20.2. The van der Waals surface area contributed by atoms with Gasteiger partial charge in [-0.05, 0) is 29.9 Å². The number of carbonyl (C=O) groups is 3. The first-order valence-corrected chi connectivity index (χ1v) is 11.5. The Morgan fingerprint density at radius 2 is 1.53 bits per heavy atom. The lowest BCUT2D eigenvalue weighted by Gasteiger charge is -2.22. The van der Waals surface area contributed by atoms with Gasteiger partial charge in [0.1, 0.15) is 6.61 Å². The molecular weight excluding hydrogens is 434 g/mol. The number of benzene rings is 2. The predicted octanol–water partition coefficient (Wildman–Crippen LogP) is 3.64. The maximum Gasteiger partial charge on any atom is 0.407 e. The van der Waals surface area contributed by atoms with Crippen molar-refractivity contribution in [2.45, 2.75) is 38.7 Å². The van der Waals surface area contributed by atoms with E-state index in [0.717, 1.165) is 11.1 Å². The quantitative estimate of drug-likeness (QED) is 0.437. The normalized spacial score (nSPS) is 12.3. The van der Waals surface area contributed by atoms with Gasteiger partial charge in [0.2, 0.25) is 5.91 Å². The molecule has 3 amide bonds. The number of hydrogen-bond acceptors (Lipinski definition) is 5. The van der Waals surface area contributed by atoms with Gasteiger partial charge in [-0.3, -0.25) is 14.4 Å². The van der Waals surface area contributed by atoms with Gasteiger partial charge >= 0.3 is 6.09 Å². The molecule has 34 heavy (non-hydrogen) atoms. The van der Waals surface area contributed by atoms with E-state index >= 15 is 0 Å². The molecule has 0 heterocycles. The van der Waals surface area contributed by atoms with Crippen LogP contribution in [0.2, 0.25) is 0 Å². The summed E-state index contributed by atoms with van der Waals surface area (Å²) in [7, 11) is 3.02. The minimum absolute atomic E-state index is 0.0839. The SMILES string of the molecule is CON(C)C(=O)C(CCNC(=O)CC(C)CCNC(=O)OCc1ccccc1)c1ccccc1. The number of rotatable bonds is 13. The second-order valence-corrected chi connectivity index (χ2v) is 8.21. The Morgan fingerprint density at radius 1 is 0.912 bits per heavy atom. The molecule has 0 saturated carbocycles. The summed E-state index contributed by atoms with van der Waals surface area (Å²) in [5.74, 6) is -0.573. The number of amides is 3. The van der Waals surface area contributed by atoms with Gasteiger partial charge in [-0.1, -0.05) is 67.6 Å². The predicted molar refractivity (Wildman–Crippen MR) is 130 cm³/mol. The summed E-state index contributed by atoms with van der Waals surface area (Å²) in [5.41, 5.74) is 1.80. The first kappa shape index (κ1) is 26.9. The summed E-state index contributed by atoms with van der Waals surface area (Å²) in [6, 6.07) is 18.9. The van der Waals surface area contributed by atoms with Crippen LogP contribution in [0.25, 0.3) is 0 Å². The topological polar surface area (TPSA) is 97.0 Å². The Hall–Kier alpha value is -3.39. The van der Waals surface area contributed by atoms with E-state index in [4.69, 9.17) is 9.57 Å². The lowest BCUT2D eigenvalue weighted by Crippen LogP contribution is -2.34. The zero-order valence-corrected chi connectivity index (χ0v) is 20.2. The van der Waals surface area contributed by atoms with Gasteiger partial charge in [-0.25, -0.2) is 9.86 Å². The van der Waals surface area contributed by atoms with E-state index in [1.165, 1.54) is 12.2 Å². The van der Waals surface area contributed by atoms with Crippen molar-refractivity contribution >= 4 is 17.9 Å². The summed E-state index contributed by atoms with van der Waals surface area (Å²) in [6.07, 6.45) is 0.976. The number of hydroxylamine groups is 2. The summed E-state index contributed by atoms with van der Waals surface area (Å²) < 4.78 is 5.18. The lowest BCUT2D eigenvalue weighted by molar-refractivity contribution is -0.170. The van der Waals surface area contributed by atoms with Crippen LogP contribution in [0, 0.1) is 5.92 Å². The zero-order chi connectivity index (χ0) is 24.8. The minimum Gasteiger partial charge on any atom is -0.445 e. The Labute approximate surface area is 201 Å². The molecule has 0 fully saturated rings. The highest BCUT2D eigenvalue weighted by molar-refractivity contribution is 5.83. The van der Waals surface area contributed by atoms with Crippen molar-refractivity contribution in [3.8, 4) is 0 Å². The number of ether oxygens (including phenoxy) is 1. The van der Waals surface area contributed by atoms with Gasteiger partial charge in [0.05, 0.1) is 13.0 Å². The fraction of sp³-hybridized carbons (Fsp3) is 0.423. The van der Waals surface area contributed by atoms with Crippen LogP contribution in [0.3, 0.4) is 0 Å². The molecule has 2 N–H and O–H groups in total. The fourth-order valence-electron chi connectivity index (χ4n) is 3.47. The van der Waals surface area contributed by atoms with Gasteiger partial charge in [0.15, 0.2) is 0 Å². The van der Waals surface area contributed by atoms with E-state index in [9.17, 15) is 14.4 Å². The van der Waals surface area contributed by atoms with E-state index in [1.54, 1.807) is 7.05 Å². The third kappa shape index (κ3) is 9.62.